The third-order valence-corrected chi connectivity index (χ3v) is 9.60. The number of carbonyl (C=O) groups excluding carboxylic acids is 2. The summed E-state index contributed by atoms with van der Waals surface area (Å²) in [7, 11) is 4.38. The molecule has 1 aliphatic rings. The lowest BCUT2D eigenvalue weighted by atomic mass is 9.99. The van der Waals surface area contributed by atoms with Crippen LogP contribution in [0.1, 0.15) is 42.1 Å². The van der Waals surface area contributed by atoms with Crippen molar-refractivity contribution in [2.24, 2.45) is 0 Å². The standard InChI is InChI=1S/C41H45N5O6/c1-46(2)22-20-31(21-23-46)52-41(51)44-35-16-10-27(24-34(35)29-6-4-3-5-7-29)11-18-38(49)43-30-12-8-28(9-13-30)25-42-26-37(48)32-14-17-36(47)40-33(32)15-19-39(50)45-40/h3-10,12-17,19,24,31,37,42,48H,11,18,20-23,25-26H2,1-2H3,(H3-,43,44,45,47,49,50,51)/p+1/t37-/m0/s1. The number of ether oxygens (including phenoxy) is 1. The second kappa shape index (κ2) is 16.2. The zero-order valence-corrected chi connectivity index (χ0v) is 29.5. The Morgan fingerprint density at radius 1 is 0.904 bits per heavy atom. The lowest BCUT2D eigenvalue weighted by Gasteiger charge is -2.36. The van der Waals surface area contributed by atoms with Crippen LogP contribution in [0.15, 0.2) is 102 Å². The number of benzene rings is 4. The molecule has 4 aromatic carbocycles. The average Bonchev–Trinajstić information content (AvgIpc) is 3.13. The number of rotatable bonds is 12. The number of piperidine rings is 1. The van der Waals surface area contributed by atoms with Crippen molar-refractivity contribution in [1.29, 1.82) is 0 Å². The highest BCUT2D eigenvalue weighted by molar-refractivity contribution is 5.93. The largest absolute Gasteiger partial charge is 0.506 e. The third kappa shape index (κ3) is 9.43. The lowest BCUT2D eigenvalue weighted by Crippen LogP contribution is -2.48. The Balaban J connectivity index is 0.998. The minimum Gasteiger partial charge on any atom is -0.506 e. The van der Waals surface area contributed by atoms with Crippen molar-refractivity contribution in [3.05, 3.63) is 124 Å². The molecule has 270 valence electrons. The van der Waals surface area contributed by atoms with E-state index in [1.54, 1.807) is 12.1 Å². The van der Waals surface area contributed by atoms with E-state index in [0.29, 0.717) is 40.8 Å². The van der Waals surface area contributed by atoms with Crippen molar-refractivity contribution >= 4 is 34.3 Å². The number of hydrogen-bond acceptors (Lipinski definition) is 7. The van der Waals surface area contributed by atoms with E-state index in [1.807, 2.05) is 72.8 Å². The topological polar surface area (TPSA) is 153 Å². The molecule has 1 saturated heterocycles. The van der Waals surface area contributed by atoms with E-state index in [-0.39, 0.29) is 36.3 Å². The number of quaternary nitrogens is 1. The van der Waals surface area contributed by atoms with Gasteiger partial charge in [-0.25, -0.2) is 4.79 Å². The molecule has 1 fully saturated rings. The first-order chi connectivity index (χ1) is 25.0. The predicted octanol–water partition coefficient (Wildman–Crippen LogP) is 6.08. The number of H-pyrrole nitrogens is 1. The van der Waals surface area contributed by atoms with E-state index >= 15 is 0 Å². The minimum atomic E-state index is -0.862. The maximum absolute atomic E-state index is 12.9. The Bertz CT molecular complexity index is 2070. The number of aliphatic hydroxyl groups is 1. The first kappa shape index (κ1) is 36.3. The van der Waals surface area contributed by atoms with Gasteiger partial charge in [-0.3, -0.25) is 14.9 Å². The third-order valence-electron chi connectivity index (χ3n) is 9.60. The van der Waals surface area contributed by atoms with Crippen molar-refractivity contribution in [2.75, 3.05) is 44.4 Å². The number of aryl methyl sites for hydroxylation is 1. The van der Waals surface area contributed by atoms with Crippen LogP contribution in [0, 0.1) is 0 Å². The molecule has 2 amide bonds. The summed E-state index contributed by atoms with van der Waals surface area (Å²) < 4.78 is 6.71. The van der Waals surface area contributed by atoms with Gasteiger partial charge in [-0.1, -0.05) is 54.6 Å². The molecule has 1 aromatic heterocycles. The number of hydrogen-bond donors (Lipinski definition) is 6. The molecule has 1 aliphatic heterocycles. The Labute approximate surface area is 302 Å². The molecule has 0 aliphatic carbocycles. The van der Waals surface area contributed by atoms with Gasteiger partial charge in [0.25, 0.3) is 0 Å². The highest BCUT2D eigenvalue weighted by Gasteiger charge is 2.28. The SMILES string of the molecule is C[N+]1(C)CCC(OC(=O)Nc2ccc(CCC(=O)Nc3ccc(CNC[C@H](O)c4ccc(O)c5[nH]c(=O)ccc45)cc3)cc2-c2ccccc2)CC1. The molecule has 2 heterocycles. The molecule has 1 atom stereocenters. The summed E-state index contributed by atoms with van der Waals surface area (Å²) in [6.45, 7) is 2.68. The molecule has 52 heavy (non-hydrogen) atoms. The van der Waals surface area contributed by atoms with E-state index in [1.165, 1.54) is 12.1 Å². The van der Waals surface area contributed by atoms with Crippen LogP contribution < -0.4 is 21.5 Å². The van der Waals surface area contributed by atoms with Crippen LogP contribution >= 0.6 is 0 Å². The number of phenols is 1. The summed E-state index contributed by atoms with van der Waals surface area (Å²) in [6, 6.07) is 29.2. The Morgan fingerprint density at radius 3 is 2.38 bits per heavy atom. The quantitative estimate of drug-likeness (QED) is 0.0861. The number of aromatic nitrogens is 1. The van der Waals surface area contributed by atoms with Crippen LogP contribution in [0.25, 0.3) is 22.0 Å². The zero-order chi connectivity index (χ0) is 36.7. The van der Waals surface area contributed by atoms with Crippen molar-refractivity contribution in [1.82, 2.24) is 10.3 Å². The average molecular weight is 705 g/mol. The molecule has 5 aromatic rings. The van der Waals surface area contributed by atoms with E-state index < -0.39 is 12.2 Å². The minimum absolute atomic E-state index is 0.0543. The van der Waals surface area contributed by atoms with Gasteiger partial charge < -0.3 is 35.1 Å². The van der Waals surface area contributed by atoms with Gasteiger partial charge in [0.1, 0.15) is 11.9 Å². The molecule has 0 unspecified atom stereocenters. The Kier molecular flexibility index (Phi) is 11.3. The molecule has 0 saturated carbocycles. The summed E-state index contributed by atoms with van der Waals surface area (Å²) in [4.78, 5) is 40.1. The zero-order valence-electron chi connectivity index (χ0n) is 29.5. The van der Waals surface area contributed by atoms with Gasteiger partial charge >= 0.3 is 6.09 Å². The highest BCUT2D eigenvalue weighted by atomic mass is 16.6. The lowest BCUT2D eigenvalue weighted by molar-refractivity contribution is -0.896. The number of likely N-dealkylation sites (tertiary alicyclic amines) is 1. The van der Waals surface area contributed by atoms with Crippen LogP contribution in [0.4, 0.5) is 16.2 Å². The smallest absolute Gasteiger partial charge is 0.411 e. The number of amides is 2. The van der Waals surface area contributed by atoms with Crippen LogP contribution in [-0.4, -0.2) is 71.5 Å². The van der Waals surface area contributed by atoms with Gasteiger partial charge in [0.15, 0.2) is 0 Å². The number of pyridine rings is 1. The first-order valence-electron chi connectivity index (χ1n) is 17.6. The van der Waals surface area contributed by atoms with Gasteiger partial charge in [-0.15, -0.1) is 0 Å². The number of phenolic OH excluding ortho intramolecular Hbond substituents is 1. The second-order valence-electron chi connectivity index (χ2n) is 14.0. The first-order valence-corrected chi connectivity index (χ1v) is 17.6. The molecular weight excluding hydrogens is 658 g/mol. The van der Waals surface area contributed by atoms with Gasteiger partial charge in [0, 0.05) is 55.1 Å². The Morgan fingerprint density at radius 2 is 1.63 bits per heavy atom. The summed E-state index contributed by atoms with van der Waals surface area (Å²) in [6.07, 6.45) is 1.07. The number of aromatic amines is 1. The number of aliphatic hydroxyl groups excluding tert-OH is 1. The highest BCUT2D eigenvalue weighted by Crippen LogP contribution is 2.31. The van der Waals surface area contributed by atoms with Crippen LogP contribution in [-0.2, 0) is 22.5 Å². The Hall–Kier alpha value is -5.49. The number of nitrogens with one attached hydrogen (secondary N) is 4. The fourth-order valence-corrected chi connectivity index (χ4v) is 6.56. The van der Waals surface area contributed by atoms with Crippen LogP contribution in [0.2, 0.25) is 0 Å². The predicted molar refractivity (Wildman–Crippen MR) is 203 cm³/mol. The van der Waals surface area contributed by atoms with Crippen molar-refractivity contribution < 1.29 is 29.0 Å². The number of aromatic hydroxyl groups is 1. The van der Waals surface area contributed by atoms with Gasteiger partial charge in [0.2, 0.25) is 11.5 Å². The fraction of sp³-hybridized carbons (Fsp3) is 0.293. The molecular formula is C41H46N5O6+. The summed E-state index contributed by atoms with van der Waals surface area (Å²) in [5, 5.41) is 30.7. The van der Waals surface area contributed by atoms with Crippen molar-refractivity contribution in [3.63, 3.8) is 0 Å². The van der Waals surface area contributed by atoms with Gasteiger partial charge in [0.05, 0.1) is 44.5 Å². The monoisotopic (exact) mass is 704 g/mol. The van der Waals surface area contributed by atoms with E-state index in [9.17, 15) is 24.6 Å². The maximum Gasteiger partial charge on any atom is 0.411 e. The summed E-state index contributed by atoms with van der Waals surface area (Å²) in [5.74, 6) is -0.167. The number of anilines is 2. The van der Waals surface area contributed by atoms with Crippen molar-refractivity contribution in [2.45, 2.75) is 44.4 Å². The molecule has 0 spiro atoms. The van der Waals surface area contributed by atoms with Crippen LogP contribution in [0.3, 0.4) is 0 Å². The number of nitrogens with zero attached hydrogens (tertiary/aromatic N) is 1. The van der Waals surface area contributed by atoms with Gasteiger partial charge in [-0.2, -0.15) is 0 Å². The maximum atomic E-state index is 12.9. The number of carbonyl (C=O) groups is 2. The fourth-order valence-electron chi connectivity index (χ4n) is 6.56. The molecule has 0 bridgehead atoms. The summed E-state index contributed by atoms with van der Waals surface area (Å²) in [5.41, 5.74) is 5.65. The van der Waals surface area contributed by atoms with Crippen LogP contribution in [0.5, 0.6) is 5.75 Å². The normalized spacial score (nSPS) is 14.8. The van der Waals surface area contributed by atoms with E-state index in [4.69, 9.17) is 4.74 Å². The van der Waals surface area contributed by atoms with Crippen molar-refractivity contribution in [3.8, 4) is 16.9 Å². The molecule has 6 rings (SSSR count). The molecule has 0 radical (unpaired) electrons. The number of fused-ring (bicyclic) bond motifs is 1. The van der Waals surface area contributed by atoms with Gasteiger partial charge in [-0.05, 0) is 65.1 Å². The molecule has 6 N–H and O–H groups in total. The van der Waals surface area contributed by atoms with E-state index in [2.05, 4.69) is 35.0 Å². The second-order valence-corrected chi connectivity index (χ2v) is 14.0. The molecule has 11 heteroatoms. The summed E-state index contributed by atoms with van der Waals surface area (Å²) >= 11 is 0. The van der Waals surface area contributed by atoms with E-state index in [0.717, 1.165) is 52.7 Å². The molecule has 11 nitrogen and oxygen atoms in total.